The van der Waals surface area contributed by atoms with Crippen LogP contribution in [0.4, 0.5) is 13.2 Å². The predicted octanol–water partition coefficient (Wildman–Crippen LogP) is 2.63. The van der Waals surface area contributed by atoms with Crippen LogP contribution in [0.3, 0.4) is 0 Å². The molecule has 0 fully saturated rings. The molecule has 5 heteroatoms. The van der Waals surface area contributed by atoms with Crippen molar-refractivity contribution in [3.05, 3.63) is 35.9 Å². The third-order valence-corrected chi connectivity index (χ3v) is 1.70. The van der Waals surface area contributed by atoms with Crippen molar-refractivity contribution in [1.82, 2.24) is 0 Å². The molecule has 1 N–H and O–H groups in total. The van der Waals surface area contributed by atoms with Crippen LogP contribution in [0, 0.1) is 0 Å². The molecule has 0 atom stereocenters. The van der Waals surface area contributed by atoms with Gasteiger partial charge in [-0.25, -0.2) is 0 Å². The Hall–Kier alpha value is -1.49. The Balaban J connectivity index is 2.55. The average molecular weight is 232 g/mol. The van der Waals surface area contributed by atoms with Gasteiger partial charge in [-0.1, -0.05) is 24.3 Å². The van der Waals surface area contributed by atoms with Crippen molar-refractivity contribution in [2.24, 2.45) is 0 Å². The smallest absolute Gasteiger partial charge is 0.422 e. The number of hydrogen-bond donors (Lipinski definition) is 1. The third-order valence-electron chi connectivity index (χ3n) is 1.70. The zero-order valence-corrected chi connectivity index (χ0v) is 8.37. The summed E-state index contributed by atoms with van der Waals surface area (Å²) in [6, 6.07) is 6.11. The summed E-state index contributed by atoms with van der Waals surface area (Å²) in [5.74, 6) is 0.165. The van der Waals surface area contributed by atoms with E-state index < -0.39 is 12.8 Å². The number of aliphatic hydroxyl groups is 1. The van der Waals surface area contributed by atoms with Crippen LogP contribution in [0.1, 0.15) is 5.56 Å². The molecule has 0 saturated carbocycles. The second-order valence-corrected chi connectivity index (χ2v) is 3.06. The molecule has 1 aromatic carbocycles. The maximum atomic E-state index is 11.8. The summed E-state index contributed by atoms with van der Waals surface area (Å²) in [4.78, 5) is 0. The lowest BCUT2D eigenvalue weighted by molar-refractivity contribution is -0.153. The van der Waals surface area contributed by atoms with E-state index in [0.717, 1.165) is 5.56 Å². The van der Waals surface area contributed by atoms with Crippen LogP contribution >= 0.6 is 0 Å². The van der Waals surface area contributed by atoms with Crippen molar-refractivity contribution in [2.75, 3.05) is 13.2 Å². The first-order valence-electron chi connectivity index (χ1n) is 4.58. The number of ether oxygens (including phenoxy) is 1. The Bertz CT molecular complexity index is 341. The highest BCUT2D eigenvalue weighted by Crippen LogP contribution is 2.19. The standard InChI is InChI=1S/C11H11F3O2/c12-11(13,14)8-16-10-5-3-9(4-6-10)2-1-7-15/h1-6,15H,7-8H2. The summed E-state index contributed by atoms with van der Waals surface area (Å²) in [7, 11) is 0. The van der Waals surface area contributed by atoms with Gasteiger partial charge in [0.1, 0.15) is 5.75 Å². The molecule has 0 heterocycles. The minimum absolute atomic E-state index is 0.0771. The molecule has 0 aliphatic rings. The zero-order valence-electron chi connectivity index (χ0n) is 8.37. The largest absolute Gasteiger partial charge is 0.484 e. The van der Waals surface area contributed by atoms with Gasteiger partial charge in [-0.15, -0.1) is 0 Å². The van der Waals surface area contributed by atoms with E-state index in [1.165, 1.54) is 18.2 Å². The minimum atomic E-state index is -4.32. The minimum Gasteiger partial charge on any atom is -0.484 e. The number of rotatable bonds is 4. The van der Waals surface area contributed by atoms with E-state index in [-0.39, 0.29) is 12.4 Å². The van der Waals surface area contributed by atoms with Crippen molar-refractivity contribution >= 4 is 6.08 Å². The van der Waals surface area contributed by atoms with Gasteiger partial charge in [0.15, 0.2) is 6.61 Å². The molecule has 1 rings (SSSR count). The van der Waals surface area contributed by atoms with Crippen LogP contribution in [0.15, 0.2) is 30.3 Å². The summed E-state index contributed by atoms with van der Waals surface area (Å²) in [5, 5.41) is 8.52. The van der Waals surface area contributed by atoms with Crippen molar-refractivity contribution < 1.29 is 23.0 Å². The Kier molecular flexibility index (Phi) is 4.37. The van der Waals surface area contributed by atoms with Crippen LogP contribution in [0.2, 0.25) is 0 Å². The molecule has 16 heavy (non-hydrogen) atoms. The van der Waals surface area contributed by atoms with Crippen molar-refractivity contribution in [3.8, 4) is 5.75 Å². The van der Waals surface area contributed by atoms with Gasteiger partial charge in [0.25, 0.3) is 0 Å². The van der Waals surface area contributed by atoms with E-state index in [9.17, 15) is 13.2 Å². The van der Waals surface area contributed by atoms with Crippen LogP contribution in [-0.2, 0) is 0 Å². The lowest BCUT2D eigenvalue weighted by Crippen LogP contribution is -2.19. The van der Waals surface area contributed by atoms with Crippen LogP contribution < -0.4 is 4.74 Å². The SMILES string of the molecule is OCC=Cc1ccc(OCC(F)(F)F)cc1. The van der Waals surface area contributed by atoms with Gasteiger partial charge < -0.3 is 9.84 Å². The van der Waals surface area contributed by atoms with Gasteiger partial charge in [-0.05, 0) is 17.7 Å². The predicted molar refractivity (Wildman–Crippen MR) is 54.1 cm³/mol. The van der Waals surface area contributed by atoms with E-state index in [1.807, 2.05) is 0 Å². The van der Waals surface area contributed by atoms with E-state index in [0.29, 0.717) is 0 Å². The Morgan fingerprint density at radius 1 is 1.19 bits per heavy atom. The highest BCUT2D eigenvalue weighted by Gasteiger charge is 2.28. The topological polar surface area (TPSA) is 29.5 Å². The summed E-state index contributed by atoms with van der Waals surface area (Å²) in [6.45, 7) is -1.37. The van der Waals surface area contributed by atoms with E-state index in [1.54, 1.807) is 18.2 Å². The van der Waals surface area contributed by atoms with Gasteiger partial charge in [-0.3, -0.25) is 0 Å². The van der Waals surface area contributed by atoms with Crippen molar-refractivity contribution in [2.45, 2.75) is 6.18 Å². The Morgan fingerprint density at radius 2 is 1.81 bits per heavy atom. The molecule has 0 amide bonds. The van der Waals surface area contributed by atoms with E-state index >= 15 is 0 Å². The molecular weight excluding hydrogens is 221 g/mol. The van der Waals surface area contributed by atoms with Gasteiger partial charge in [0.05, 0.1) is 6.61 Å². The van der Waals surface area contributed by atoms with Crippen LogP contribution in [0.25, 0.3) is 6.08 Å². The summed E-state index contributed by atoms with van der Waals surface area (Å²) in [6.07, 6.45) is -1.13. The van der Waals surface area contributed by atoms with Crippen LogP contribution in [-0.4, -0.2) is 24.5 Å². The van der Waals surface area contributed by atoms with E-state index in [4.69, 9.17) is 5.11 Å². The van der Waals surface area contributed by atoms with Gasteiger partial charge in [0, 0.05) is 0 Å². The molecule has 0 aromatic heterocycles. The summed E-state index contributed by atoms with van der Waals surface area (Å²) >= 11 is 0. The molecule has 1 aromatic rings. The maximum Gasteiger partial charge on any atom is 0.422 e. The number of halogens is 3. The molecule has 0 aliphatic carbocycles. The number of alkyl halides is 3. The summed E-state index contributed by atoms with van der Waals surface area (Å²) in [5.41, 5.74) is 0.786. The molecule has 0 aliphatic heterocycles. The normalized spacial score (nSPS) is 12.0. The van der Waals surface area contributed by atoms with Crippen molar-refractivity contribution in [1.29, 1.82) is 0 Å². The van der Waals surface area contributed by atoms with E-state index in [2.05, 4.69) is 4.74 Å². The fraction of sp³-hybridized carbons (Fsp3) is 0.273. The van der Waals surface area contributed by atoms with Gasteiger partial charge >= 0.3 is 6.18 Å². The Labute approximate surface area is 91.0 Å². The highest BCUT2D eigenvalue weighted by atomic mass is 19.4. The second-order valence-electron chi connectivity index (χ2n) is 3.06. The van der Waals surface area contributed by atoms with Crippen molar-refractivity contribution in [3.63, 3.8) is 0 Å². The molecular formula is C11H11F3O2. The van der Waals surface area contributed by atoms with Gasteiger partial charge in [0.2, 0.25) is 0 Å². The first-order chi connectivity index (χ1) is 7.51. The molecule has 0 saturated heterocycles. The van der Waals surface area contributed by atoms with Gasteiger partial charge in [-0.2, -0.15) is 13.2 Å². The number of hydrogen-bond acceptors (Lipinski definition) is 2. The number of aliphatic hydroxyl groups excluding tert-OH is 1. The molecule has 0 unspecified atom stereocenters. The molecule has 0 spiro atoms. The fourth-order valence-electron chi connectivity index (χ4n) is 1.03. The number of benzene rings is 1. The third kappa shape index (κ3) is 4.84. The average Bonchev–Trinajstić information content (AvgIpc) is 2.24. The first kappa shape index (κ1) is 12.6. The molecule has 88 valence electrons. The second kappa shape index (κ2) is 5.55. The van der Waals surface area contributed by atoms with Crippen LogP contribution in [0.5, 0.6) is 5.75 Å². The Morgan fingerprint density at radius 3 is 2.31 bits per heavy atom. The maximum absolute atomic E-state index is 11.8. The molecule has 0 bridgehead atoms. The first-order valence-corrected chi connectivity index (χ1v) is 4.58. The quantitative estimate of drug-likeness (QED) is 0.864. The molecule has 0 radical (unpaired) electrons. The molecule has 2 nitrogen and oxygen atoms in total. The zero-order chi connectivity index (χ0) is 12.0. The summed E-state index contributed by atoms with van der Waals surface area (Å²) < 4.78 is 40.0. The monoisotopic (exact) mass is 232 g/mol. The highest BCUT2D eigenvalue weighted by molar-refractivity contribution is 5.50. The lowest BCUT2D eigenvalue weighted by Gasteiger charge is -2.08. The lowest BCUT2D eigenvalue weighted by atomic mass is 10.2. The fourth-order valence-corrected chi connectivity index (χ4v) is 1.03.